The molecule has 0 atom stereocenters. The van der Waals surface area contributed by atoms with E-state index < -0.39 is 5.82 Å². The van der Waals surface area contributed by atoms with Gasteiger partial charge in [-0.1, -0.05) is 39.3 Å². The van der Waals surface area contributed by atoms with E-state index in [0.29, 0.717) is 16.3 Å². The molecule has 1 aromatic heterocycles. The van der Waals surface area contributed by atoms with Gasteiger partial charge in [0, 0.05) is 12.1 Å². The molecule has 5 heteroatoms. The molecule has 1 aliphatic rings. The predicted octanol–water partition coefficient (Wildman–Crippen LogP) is 5.10. The van der Waals surface area contributed by atoms with Gasteiger partial charge in [-0.2, -0.15) is 0 Å². The van der Waals surface area contributed by atoms with Crippen molar-refractivity contribution in [2.24, 2.45) is 10.8 Å². The number of benzene rings is 1. The van der Waals surface area contributed by atoms with Gasteiger partial charge in [-0.25, -0.2) is 4.39 Å². The minimum Gasteiger partial charge on any atom is -0.330 e. The first-order valence-corrected chi connectivity index (χ1v) is 7.06. The fourth-order valence-corrected chi connectivity index (χ4v) is 3.66. The van der Waals surface area contributed by atoms with Crippen molar-refractivity contribution in [2.75, 3.05) is 0 Å². The molecule has 1 fully saturated rings. The second-order valence-corrected chi connectivity index (χ2v) is 7.22. The SMILES string of the molecule is CC1(C)C(n2c(=S)[nH]c3cc(F)c(Cl)cc32)C1(C)C. The van der Waals surface area contributed by atoms with Crippen LogP contribution in [0.2, 0.25) is 5.02 Å². The van der Waals surface area contributed by atoms with Gasteiger partial charge in [0.1, 0.15) is 5.82 Å². The molecule has 0 aliphatic heterocycles. The average molecular weight is 299 g/mol. The molecule has 1 saturated carbocycles. The number of halogens is 2. The Kier molecular flexibility index (Phi) is 2.50. The van der Waals surface area contributed by atoms with Crippen molar-refractivity contribution in [3.8, 4) is 0 Å². The maximum atomic E-state index is 13.5. The topological polar surface area (TPSA) is 20.7 Å². The van der Waals surface area contributed by atoms with E-state index in [1.165, 1.54) is 6.07 Å². The van der Waals surface area contributed by atoms with Gasteiger partial charge < -0.3 is 9.55 Å². The van der Waals surface area contributed by atoms with E-state index in [2.05, 4.69) is 37.2 Å². The molecule has 102 valence electrons. The Labute approximate surface area is 121 Å². The van der Waals surface area contributed by atoms with Crippen molar-refractivity contribution in [3.05, 3.63) is 27.7 Å². The lowest BCUT2D eigenvalue weighted by Gasteiger charge is -2.07. The summed E-state index contributed by atoms with van der Waals surface area (Å²) in [5.74, 6) is -0.424. The fourth-order valence-electron chi connectivity index (χ4n) is 3.18. The standard InChI is InChI=1S/C14H16ClFN2S/c1-13(2)11(14(13,3)4)18-10-5-7(15)8(16)6-9(10)17-12(18)19/h5-6,11H,1-4H3,(H,17,19). The molecule has 1 aliphatic carbocycles. The van der Waals surface area contributed by atoms with Crippen molar-refractivity contribution in [1.82, 2.24) is 9.55 Å². The number of nitrogens with one attached hydrogen (secondary N) is 1. The summed E-state index contributed by atoms with van der Waals surface area (Å²) >= 11 is 11.3. The van der Waals surface area contributed by atoms with Crippen LogP contribution < -0.4 is 0 Å². The molecule has 1 aromatic carbocycles. The monoisotopic (exact) mass is 298 g/mol. The summed E-state index contributed by atoms with van der Waals surface area (Å²) in [5, 5.41) is 0.131. The lowest BCUT2D eigenvalue weighted by Crippen LogP contribution is -2.00. The summed E-state index contributed by atoms with van der Waals surface area (Å²) in [6.45, 7) is 8.90. The molecule has 1 heterocycles. The Hall–Kier alpha value is -0.870. The number of aromatic amines is 1. The molecule has 1 N–H and O–H groups in total. The molecular weight excluding hydrogens is 283 g/mol. The highest BCUT2D eigenvalue weighted by atomic mass is 35.5. The van der Waals surface area contributed by atoms with Crippen LogP contribution in [0.25, 0.3) is 11.0 Å². The normalized spacial score (nSPS) is 20.9. The van der Waals surface area contributed by atoms with Gasteiger partial charge in [0.25, 0.3) is 0 Å². The van der Waals surface area contributed by atoms with Crippen LogP contribution in [0.15, 0.2) is 12.1 Å². The van der Waals surface area contributed by atoms with Crippen LogP contribution in [0.4, 0.5) is 4.39 Å². The first kappa shape index (κ1) is 13.1. The summed E-state index contributed by atoms with van der Waals surface area (Å²) in [7, 11) is 0. The Bertz CT molecular complexity index is 728. The quantitative estimate of drug-likeness (QED) is 0.727. The summed E-state index contributed by atoms with van der Waals surface area (Å²) in [6.07, 6.45) is 0. The highest BCUT2D eigenvalue weighted by Crippen LogP contribution is 2.71. The van der Waals surface area contributed by atoms with Crippen molar-refractivity contribution in [3.63, 3.8) is 0 Å². The van der Waals surface area contributed by atoms with Crippen LogP contribution in [-0.2, 0) is 0 Å². The number of hydrogen-bond acceptors (Lipinski definition) is 1. The van der Waals surface area contributed by atoms with E-state index in [9.17, 15) is 4.39 Å². The lowest BCUT2D eigenvalue weighted by molar-refractivity contribution is 0.457. The van der Waals surface area contributed by atoms with Gasteiger partial charge in [-0.3, -0.25) is 0 Å². The Balaban J connectivity index is 2.29. The molecule has 0 radical (unpaired) electrons. The third-order valence-corrected chi connectivity index (χ3v) is 5.55. The molecule has 0 unspecified atom stereocenters. The Morgan fingerprint density at radius 2 is 1.84 bits per heavy atom. The molecule has 0 spiro atoms. The largest absolute Gasteiger partial charge is 0.330 e. The number of fused-ring (bicyclic) bond motifs is 1. The van der Waals surface area contributed by atoms with E-state index in [1.807, 2.05) is 0 Å². The zero-order chi connectivity index (χ0) is 14.2. The third-order valence-electron chi connectivity index (χ3n) is 4.96. The molecule has 2 nitrogen and oxygen atoms in total. The molecular formula is C14H16ClFN2S. The number of hydrogen-bond donors (Lipinski definition) is 1. The van der Waals surface area contributed by atoms with Crippen LogP contribution >= 0.6 is 23.8 Å². The summed E-state index contributed by atoms with van der Waals surface area (Å²) in [6, 6.07) is 3.36. The van der Waals surface area contributed by atoms with Crippen LogP contribution in [-0.4, -0.2) is 9.55 Å². The summed E-state index contributed by atoms with van der Waals surface area (Å²) in [5.41, 5.74) is 1.88. The Morgan fingerprint density at radius 1 is 1.26 bits per heavy atom. The smallest absolute Gasteiger partial charge is 0.178 e. The first-order chi connectivity index (χ1) is 8.68. The number of aromatic nitrogens is 2. The van der Waals surface area contributed by atoms with Gasteiger partial charge in [-0.15, -0.1) is 0 Å². The van der Waals surface area contributed by atoms with Crippen LogP contribution in [0.5, 0.6) is 0 Å². The predicted molar refractivity (Wildman–Crippen MR) is 78.7 cm³/mol. The van der Waals surface area contributed by atoms with E-state index in [1.54, 1.807) is 6.07 Å². The third kappa shape index (κ3) is 1.56. The highest BCUT2D eigenvalue weighted by Gasteiger charge is 2.66. The number of nitrogens with zero attached hydrogens (tertiary/aromatic N) is 1. The Morgan fingerprint density at radius 3 is 2.37 bits per heavy atom. The number of imidazole rings is 1. The zero-order valence-electron chi connectivity index (χ0n) is 11.3. The number of H-pyrrole nitrogens is 1. The van der Waals surface area contributed by atoms with Crippen molar-refractivity contribution in [2.45, 2.75) is 33.7 Å². The fraction of sp³-hybridized carbons (Fsp3) is 0.500. The van der Waals surface area contributed by atoms with Gasteiger partial charge in [0.05, 0.1) is 16.1 Å². The van der Waals surface area contributed by atoms with Gasteiger partial charge in [-0.05, 0) is 29.1 Å². The van der Waals surface area contributed by atoms with E-state index in [0.717, 1.165) is 5.52 Å². The van der Waals surface area contributed by atoms with Crippen LogP contribution in [0.1, 0.15) is 33.7 Å². The first-order valence-electron chi connectivity index (χ1n) is 6.27. The van der Waals surface area contributed by atoms with Gasteiger partial charge in [0.15, 0.2) is 4.77 Å². The van der Waals surface area contributed by atoms with E-state index >= 15 is 0 Å². The zero-order valence-corrected chi connectivity index (χ0v) is 12.9. The van der Waals surface area contributed by atoms with Gasteiger partial charge >= 0.3 is 0 Å². The van der Waals surface area contributed by atoms with Crippen molar-refractivity contribution in [1.29, 1.82) is 0 Å². The molecule has 0 saturated heterocycles. The highest BCUT2D eigenvalue weighted by molar-refractivity contribution is 7.71. The maximum Gasteiger partial charge on any atom is 0.178 e. The molecule has 0 bridgehead atoms. The minimum absolute atomic E-state index is 0.131. The van der Waals surface area contributed by atoms with Crippen molar-refractivity contribution >= 4 is 34.9 Å². The molecule has 0 amide bonds. The van der Waals surface area contributed by atoms with E-state index in [4.69, 9.17) is 23.8 Å². The maximum absolute atomic E-state index is 13.5. The average Bonchev–Trinajstić information content (AvgIpc) is 2.54. The van der Waals surface area contributed by atoms with E-state index in [-0.39, 0.29) is 15.9 Å². The van der Waals surface area contributed by atoms with Crippen LogP contribution in [0.3, 0.4) is 0 Å². The van der Waals surface area contributed by atoms with Crippen LogP contribution in [0, 0.1) is 21.4 Å². The van der Waals surface area contributed by atoms with Crippen molar-refractivity contribution < 1.29 is 4.39 Å². The molecule has 3 rings (SSSR count). The summed E-state index contributed by atoms with van der Waals surface area (Å²) < 4.78 is 16.2. The van der Waals surface area contributed by atoms with Gasteiger partial charge in [0.2, 0.25) is 0 Å². The second-order valence-electron chi connectivity index (χ2n) is 6.43. The number of rotatable bonds is 1. The summed E-state index contributed by atoms with van der Waals surface area (Å²) in [4.78, 5) is 3.07. The minimum atomic E-state index is -0.424. The second kappa shape index (κ2) is 3.61. The molecule has 19 heavy (non-hydrogen) atoms. The lowest BCUT2D eigenvalue weighted by atomic mass is 10.0. The molecule has 2 aromatic rings.